The molecule has 13 fully saturated rings. The van der Waals surface area contributed by atoms with Crippen LogP contribution in [0.5, 0.6) is 0 Å². The third-order valence-corrected chi connectivity index (χ3v) is 23.9. The Labute approximate surface area is 616 Å². The van der Waals surface area contributed by atoms with Gasteiger partial charge in [0.2, 0.25) is 20.8 Å². The van der Waals surface area contributed by atoms with E-state index in [4.69, 9.17) is 75.2 Å². The first-order valence-corrected chi connectivity index (χ1v) is 36.7. The molecule has 29 nitrogen and oxygen atoms in total. The van der Waals surface area contributed by atoms with Crippen LogP contribution in [-0.2, 0) is 100 Å². The molecule has 0 aliphatic carbocycles. The van der Waals surface area contributed by atoms with Gasteiger partial charge >= 0.3 is 59.1 Å². The summed E-state index contributed by atoms with van der Waals surface area (Å²) < 4.78 is 181. The SMILES string of the molecule is C=CCC(=C)/C=C/[C@@](C)(O)[C@H]1O[C@@H]2C[C@@H]3O[C@@H]4C[C@@H]5O[C@@H]6C[C@@H]7O[C@@H]8C[C@@H]9O[C@@H]%10C[C@@H]%11O[C@](C)(CCCOS(=O)(=O)[O-])[C@@H](OS(=O)(=O)[O-])C[C@H]%11O[C@H]%10C[C@H]9O[C@H]8CC[C@@]7(C)O[C@@]6(C)C[C@H](C)[C@H]5O[C@H]4[C@@H](O[C@H]4O[C@@H](CO[C@H]5O[C@@H](CO)[C@H](O)[C@H]5O)[C@H](O)[C@H]4O)[C@@]3(C)O[C@H]2CC1=C.[Na+].[Na+]. The van der Waals surface area contributed by atoms with E-state index in [1.54, 1.807) is 32.1 Å². The molecule has 0 saturated carbocycles. The van der Waals surface area contributed by atoms with Crippen molar-refractivity contribution in [3.8, 4) is 0 Å². The molecule has 33 heteroatoms. The van der Waals surface area contributed by atoms with Crippen molar-refractivity contribution in [2.24, 2.45) is 5.92 Å². The van der Waals surface area contributed by atoms with Crippen LogP contribution in [0.2, 0.25) is 0 Å². The van der Waals surface area contributed by atoms with Crippen molar-refractivity contribution in [3.05, 3.63) is 49.1 Å². The van der Waals surface area contributed by atoms with Crippen molar-refractivity contribution in [2.45, 2.75) is 331 Å². The average molecular weight is 1450 g/mol. The van der Waals surface area contributed by atoms with Gasteiger partial charge in [0.15, 0.2) is 12.6 Å². The molecular weight excluding hydrogens is 1350 g/mol. The Morgan fingerprint density at radius 3 is 1.92 bits per heavy atom. The van der Waals surface area contributed by atoms with Gasteiger partial charge in [0.25, 0.3) is 0 Å². The van der Waals surface area contributed by atoms with Crippen molar-refractivity contribution in [1.29, 1.82) is 0 Å². The van der Waals surface area contributed by atoms with Crippen LogP contribution < -0.4 is 59.1 Å². The van der Waals surface area contributed by atoms with E-state index in [1.165, 1.54) is 0 Å². The summed E-state index contributed by atoms with van der Waals surface area (Å²) in [6.45, 7) is 22.1. The van der Waals surface area contributed by atoms with Crippen LogP contribution in [0.1, 0.15) is 131 Å². The van der Waals surface area contributed by atoms with Gasteiger partial charge in [-0.3, -0.25) is 8.37 Å². The average Bonchev–Trinajstić information content (AvgIpc) is 0.933. The van der Waals surface area contributed by atoms with Gasteiger partial charge in [-0.15, -0.1) is 6.58 Å². The second-order valence-corrected chi connectivity index (χ2v) is 32.2. The summed E-state index contributed by atoms with van der Waals surface area (Å²) in [4.78, 5) is 0. The fourth-order valence-electron chi connectivity index (χ4n) is 18.0. The zero-order valence-electron chi connectivity index (χ0n) is 57.0. The molecule has 13 rings (SSSR count). The molecule has 0 bridgehead atoms. The predicted octanol–water partition coefficient (Wildman–Crippen LogP) is -4.69. The summed E-state index contributed by atoms with van der Waals surface area (Å²) in [6.07, 6.45) is -13.5. The minimum absolute atomic E-state index is 0. The Hall–Kier alpha value is -0.140. The largest absolute Gasteiger partial charge is 1.00 e. The van der Waals surface area contributed by atoms with E-state index in [0.717, 1.165) is 5.57 Å². The van der Waals surface area contributed by atoms with Crippen LogP contribution in [0.3, 0.4) is 0 Å². The summed E-state index contributed by atoms with van der Waals surface area (Å²) in [5.74, 6) is -0.180. The van der Waals surface area contributed by atoms with Gasteiger partial charge in [0.05, 0.1) is 134 Å². The van der Waals surface area contributed by atoms with Crippen molar-refractivity contribution in [2.75, 3.05) is 19.8 Å². The number of aliphatic hydroxyl groups excluding tert-OH is 5. The molecule has 98 heavy (non-hydrogen) atoms. The minimum Gasteiger partial charge on any atom is -0.726 e. The molecule has 0 aromatic carbocycles. The van der Waals surface area contributed by atoms with Crippen molar-refractivity contribution in [1.82, 2.24) is 0 Å². The fraction of sp³-hybridized carbons (Fsp3) is 0.877. The summed E-state index contributed by atoms with van der Waals surface area (Å²) >= 11 is 0. The molecule has 0 amide bonds. The number of aliphatic hydroxyl groups is 6. The molecule has 0 aromatic heterocycles. The van der Waals surface area contributed by atoms with Crippen molar-refractivity contribution >= 4 is 20.8 Å². The van der Waals surface area contributed by atoms with Gasteiger partial charge in [-0.1, -0.05) is 43.9 Å². The summed E-state index contributed by atoms with van der Waals surface area (Å²) in [5, 5.41) is 65.8. The number of ether oxygens (including phenoxy) is 15. The van der Waals surface area contributed by atoms with Crippen molar-refractivity contribution in [3.63, 3.8) is 0 Å². The van der Waals surface area contributed by atoms with Gasteiger partial charge in [0.1, 0.15) is 72.2 Å². The Kier molecular flexibility index (Phi) is 24.3. The number of rotatable bonds is 18. The maximum absolute atomic E-state index is 12.0. The molecule has 0 unspecified atom stereocenters. The molecular formula is C65H96Na2O29S2. The Morgan fingerprint density at radius 2 is 1.26 bits per heavy atom. The van der Waals surface area contributed by atoms with Crippen LogP contribution in [-0.4, -0.2) is 276 Å². The maximum atomic E-state index is 12.0. The molecule has 13 saturated heterocycles. The fourth-order valence-corrected chi connectivity index (χ4v) is 18.9. The summed E-state index contributed by atoms with van der Waals surface area (Å²) in [6, 6.07) is 0. The molecule has 34 atom stereocenters. The van der Waals surface area contributed by atoms with E-state index >= 15 is 0 Å². The first-order valence-electron chi connectivity index (χ1n) is 34.0. The Bertz CT molecular complexity index is 3120. The van der Waals surface area contributed by atoms with E-state index in [9.17, 15) is 56.6 Å². The topological polar surface area (TPSA) is 393 Å². The number of fused-ring (bicyclic) bond motifs is 10. The van der Waals surface area contributed by atoms with E-state index in [1.807, 2.05) is 6.92 Å². The Balaban J connectivity index is 0.00000486. The molecule has 0 aromatic rings. The van der Waals surface area contributed by atoms with Gasteiger partial charge in [0, 0.05) is 44.9 Å². The van der Waals surface area contributed by atoms with Crippen LogP contribution in [0, 0.1) is 5.92 Å². The second kappa shape index (κ2) is 30.1. The quantitative estimate of drug-likeness (QED) is 0.0188. The third kappa shape index (κ3) is 15.9. The molecule has 13 heterocycles. The summed E-state index contributed by atoms with van der Waals surface area (Å²) in [5.41, 5.74) is -4.48. The normalized spacial score (nSPS) is 50.4. The van der Waals surface area contributed by atoms with E-state index < -0.39 is 228 Å². The van der Waals surface area contributed by atoms with Gasteiger partial charge in [-0.25, -0.2) is 16.8 Å². The first-order chi connectivity index (χ1) is 45.2. The van der Waals surface area contributed by atoms with Gasteiger partial charge in [-0.05, 0) is 91.1 Å². The predicted molar refractivity (Wildman–Crippen MR) is 325 cm³/mol. The summed E-state index contributed by atoms with van der Waals surface area (Å²) in [7, 11) is -10.2. The zero-order valence-corrected chi connectivity index (χ0v) is 62.6. The third-order valence-electron chi connectivity index (χ3n) is 23.0. The van der Waals surface area contributed by atoms with E-state index in [-0.39, 0.29) is 103 Å². The first kappa shape index (κ1) is 78.9. The van der Waals surface area contributed by atoms with Crippen LogP contribution in [0.4, 0.5) is 0 Å². The molecule has 0 spiro atoms. The molecule has 13 aliphatic rings. The van der Waals surface area contributed by atoms with Crippen LogP contribution >= 0.6 is 0 Å². The second-order valence-electron chi connectivity index (χ2n) is 30.2. The molecule has 13 aliphatic heterocycles. The molecule has 544 valence electrons. The van der Waals surface area contributed by atoms with E-state index in [0.29, 0.717) is 69.8 Å². The maximum Gasteiger partial charge on any atom is 1.00 e. The number of allylic oxidation sites excluding steroid dienone is 3. The van der Waals surface area contributed by atoms with E-state index in [2.05, 4.69) is 44.7 Å². The smallest absolute Gasteiger partial charge is 0.726 e. The van der Waals surface area contributed by atoms with Gasteiger partial charge < -0.3 is 111 Å². The monoisotopic (exact) mass is 1450 g/mol. The minimum atomic E-state index is -5.20. The van der Waals surface area contributed by atoms with Gasteiger partial charge in [-0.2, -0.15) is 0 Å². The van der Waals surface area contributed by atoms with Crippen LogP contribution in [0.25, 0.3) is 0 Å². The van der Waals surface area contributed by atoms with Crippen molar-refractivity contribution < 1.29 is 195 Å². The zero-order chi connectivity index (χ0) is 68.6. The number of hydrogen-bond donors (Lipinski definition) is 6. The van der Waals surface area contributed by atoms with Crippen LogP contribution in [0.15, 0.2) is 49.1 Å². The number of hydrogen-bond acceptors (Lipinski definition) is 29. The molecule has 0 radical (unpaired) electrons. The Morgan fingerprint density at radius 1 is 0.673 bits per heavy atom. The molecule has 6 N–H and O–H groups in total. The standard InChI is InChI=1S/C65H98O29S2.2Na/c1-10-12-30(2)13-16-61(5,71)57-31(3)19-41-40(86-57)25-50-65(9,92-41)58(90-60-54(70)52(68)46(88-60)29-78-59-53(69)51(67)45(28-66)87-59)56-44(85-50)23-43-55(89-56)32(4)27-64(8)48(84-43)26-47-63(7,94-64)17-14-33-34(83-47)20-36-35(80-33)21-37-38(81-36)22-42-39(82-37)24-49(93-96(75,76)77)62(6,91-42)15-11-18-79-95(72,73)74;;/h10,13,16,32-60,66-71H,1-3,11-12,14-15,17-29H2,4-9H3,(H,72,73,74)(H,75,76,77);;/q;2*+1/p-2/b16-13+;;/t32-,33-,34+,35+,36-,37-,38+,39+,40+,41-,42-,43-,44+,45-,46-,47-,48+,49-,50-,51-,52-,53+,54+,55+,56+,57-,58+,59-,60+,61+,62+,63+,64-,65-;;/m0../s1.